The van der Waals surface area contributed by atoms with Crippen molar-refractivity contribution >= 4 is 5.78 Å². The predicted octanol–water partition coefficient (Wildman–Crippen LogP) is 5.52. The predicted molar refractivity (Wildman–Crippen MR) is 98.2 cm³/mol. The maximum absolute atomic E-state index is 12.7. The van der Waals surface area contributed by atoms with Gasteiger partial charge in [0.1, 0.15) is 0 Å². The van der Waals surface area contributed by atoms with Crippen molar-refractivity contribution in [2.75, 3.05) is 0 Å². The number of allylic oxidation sites excluding steroid dienone is 2. The second-order valence-electron chi connectivity index (χ2n) is 7.84. The van der Waals surface area contributed by atoms with Crippen molar-refractivity contribution in [3.63, 3.8) is 0 Å². The van der Waals surface area contributed by atoms with Crippen LogP contribution in [0.15, 0.2) is 11.6 Å². The number of carbonyl (C=O) groups excluding carboxylic acids is 1. The Morgan fingerprint density at radius 1 is 1.05 bits per heavy atom. The van der Waals surface area contributed by atoms with Gasteiger partial charge in [-0.1, -0.05) is 45.3 Å². The molecule has 0 aliphatic heterocycles. The van der Waals surface area contributed by atoms with E-state index < -0.39 is 5.54 Å². The number of hydrogen-bond donors (Lipinski definition) is 1. The molecule has 0 spiro atoms. The molecule has 0 aromatic rings. The Morgan fingerprint density at radius 3 is 2.09 bits per heavy atom. The fourth-order valence-electron chi connectivity index (χ4n) is 3.11. The molecule has 0 saturated carbocycles. The third-order valence-electron chi connectivity index (χ3n) is 4.50. The molecule has 130 valence electrons. The lowest BCUT2D eigenvalue weighted by molar-refractivity contribution is -0.130. The Balaban J connectivity index is 4.49. The van der Waals surface area contributed by atoms with Gasteiger partial charge in [-0.3, -0.25) is 4.79 Å². The van der Waals surface area contributed by atoms with Crippen molar-refractivity contribution in [3.8, 4) is 0 Å². The van der Waals surface area contributed by atoms with Crippen LogP contribution in [0.1, 0.15) is 87.5 Å². The average molecular weight is 310 g/mol. The van der Waals surface area contributed by atoms with Gasteiger partial charge in [0, 0.05) is 12.0 Å². The quantitative estimate of drug-likeness (QED) is 0.402. The molecule has 0 aliphatic rings. The van der Waals surface area contributed by atoms with Crippen molar-refractivity contribution < 1.29 is 4.79 Å². The minimum atomic E-state index is -0.401. The van der Waals surface area contributed by atoms with Crippen LogP contribution in [0.4, 0.5) is 0 Å². The molecular formula is C20H39NO. The van der Waals surface area contributed by atoms with Crippen LogP contribution in [0.2, 0.25) is 0 Å². The first kappa shape index (κ1) is 21.4. The Morgan fingerprint density at radius 2 is 1.64 bits per heavy atom. The lowest BCUT2D eigenvalue weighted by Crippen LogP contribution is -2.58. The fourth-order valence-corrected chi connectivity index (χ4v) is 3.11. The van der Waals surface area contributed by atoms with Crippen LogP contribution in [-0.2, 0) is 4.79 Å². The SMILES string of the molecule is CC(C)=CCCCCC[C@@H](C)C(C)(NC(C)C)C(=O)C(C)C. The van der Waals surface area contributed by atoms with E-state index in [9.17, 15) is 4.79 Å². The third kappa shape index (κ3) is 7.58. The number of unbranched alkanes of at least 4 members (excludes halogenated alkanes) is 3. The standard InChI is InChI=1S/C20H39NO/c1-15(2)13-11-9-10-12-14-18(7)20(8,21-17(5)6)19(22)16(3)4/h13,16-18,21H,9-12,14H2,1-8H3/t18-,20?/m1/s1. The topological polar surface area (TPSA) is 29.1 Å². The van der Waals surface area contributed by atoms with Gasteiger partial charge in [-0.25, -0.2) is 0 Å². The van der Waals surface area contributed by atoms with E-state index >= 15 is 0 Å². The zero-order valence-corrected chi connectivity index (χ0v) is 16.3. The minimum absolute atomic E-state index is 0.0800. The van der Waals surface area contributed by atoms with Crippen LogP contribution >= 0.6 is 0 Å². The second-order valence-corrected chi connectivity index (χ2v) is 7.84. The summed E-state index contributed by atoms with van der Waals surface area (Å²) in [6.45, 7) is 16.9. The Bertz CT molecular complexity index is 353. The van der Waals surface area contributed by atoms with Crippen LogP contribution in [0, 0.1) is 11.8 Å². The highest BCUT2D eigenvalue weighted by Crippen LogP contribution is 2.27. The number of ketones is 1. The zero-order valence-electron chi connectivity index (χ0n) is 16.3. The van der Waals surface area contributed by atoms with Crippen molar-refractivity contribution in [2.45, 2.75) is 99.1 Å². The summed E-state index contributed by atoms with van der Waals surface area (Å²) in [5.41, 5.74) is 1.01. The van der Waals surface area contributed by atoms with Gasteiger partial charge in [-0.05, 0) is 59.8 Å². The van der Waals surface area contributed by atoms with E-state index in [0.29, 0.717) is 17.7 Å². The molecule has 0 aromatic carbocycles. The normalized spacial score (nSPS) is 15.7. The number of Topliss-reactive ketones (excluding diaryl/α,β-unsaturated/α-hetero) is 1. The molecular weight excluding hydrogens is 270 g/mol. The molecule has 0 bridgehead atoms. The molecule has 2 atom stereocenters. The van der Waals surface area contributed by atoms with E-state index in [1.807, 2.05) is 13.8 Å². The van der Waals surface area contributed by atoms with Crippen molar-refractivity contribution in [1.29, 1.82) is 0 Å². The molecule has 2 nitrogen and oxygen atoms in total. The van der Waals surface area contributed by atoms with Gasteiger partial charge in [-0.2, -0.15) is 0 Å². The molecule has 0 heterocycles. The largest absolute Gasteiger partial charge is 0.303 e. The second kappa shape index (κ2) is 10.2. The Kier molecular flexibility index (Phi) is 9.91. The summed E-state index contributed by atoms with van der Waals surface area (Å²) in [5.74, 6) is 0.794. The van der Waals surface area contributed by atoms with E-state index in [0.717, 1.165) is 6.42 Å². The molecule has 0 aromatic heterocycles. The summed E-state index contributed by atoms with van der Waals surface area (Å²) in [5, 5.41) is 3.55. The highest BCUT2D eigenvalue weighted by Gasteiger charge is 2.39. The highest BCUT2D eigenvalue weighted by atomic mass is 16.1. The van der Waals surface area contributed by atoms with E-state index in [2.05, 4.69) is 52.9 Å². The smallest absolute Gasteiger partial charge is 0.155 e. The molecule has 22 heavy (non-hydrogen) atoms. The van der Waals surface area contributed by atoms with Gasteiger partial charge in [0.15, 0.2) is 5.78 Å². The van der Waals surface area contributed by atoms with Gasteiger partial charge in [-0.15, -0.1) is 0 Å². The molecule has 2 heteroatoms. The Labute approximate surface area is 139 Å². The fraction of sp³-hybridized carbons (Fsp3) is 0.850. The number of carbonyl (C=O) groups is 1. The van der Waals surface area contributed by atoms with Gasteiger partial charge in [0.05, 0.1) is 5.54 Å². The van der Waals surface area contributed by atoms with Crippen LogP contribution in [-0.4, -0.2) is 17.4 Å². The summed E-state index contributed by atoms with van der Waals surface area (Å²) in [6.07, 6.45) is 8.33. The summed E-state index contributed by atoms with van der Waals surface area (Å²) >= 11 is 0. The minimum Gasteiger partial charge on any atom is -0.303 e. The lowest BCUT2D eigenvalue weighted by Gasteiger charge is -2.38. The number of nitrogens with one attached hydrogen (secondary N) is 1. The lowest BCUT2D eigenvalue weighted by atomic mass is 9.76. The van der Waals surface area contributed by atoms with Crippen molar-refractivity contribution in [2.24, 2.45) is 11.8 Å². The number of rotatable bonds is 11. The molecule has 0 rings (SSSR count). The van der Waals surface area contributed by atoms with E-state index in [1.54, 1.807) is 0 Å². The summed E-state index contributed by atoms with van der Waals surface area (Å²) in [4.78, 5) is 12.7. The molecule has 0 saturated heterocycles. The van der Waals surface area contributed by atoms with Gasteiger partial charge < -0.3 is 5.32 Å². The molecule has 0 amide bonds. The molecule has 1 N–H and O–H groups in total. The zero-order chi connectivity index (χ0) is 17.3. The van der Waals surface area contributed by atoms with Gasteiger partial charge in [0.2, 0.25) is 0 Å². The molecule has 0 aliphatic carbocycles. The molecule has 0 fully saturated rings. The highest BCUT2D eigenvalue weighted by molar-refractivity contribution is 5.89. The van der Waals surface area contributed by atoms with E-state index in [-0.39, 0.29) is 5.92 Å². The molecule has 1 unspecified atom stereocenters. The number of hydrogen-bond acceptors (Lipinski definition) is 2. The summed E-state index contributed by atoms with van der Waals surface area (Å²) < 4.78 is 0. The van der Waals surface area contributed by atoms with Crippen molar-refractivity contribution in [1.82, 2.24) is 5.32 Å². The van der Waals surface area contributed by atoms with E-state index in [1.165, 1.54) is 31.3 Å². The van der Waals surface area contributed by atoms with Crippen LogP contribution < -0.4 is 5.32 Å². The summed E-state index contributed by atoms with van der Waals surface area (Å²) in [7, 11) is 0. The maximum Gasteiger partial charge on any atom is 0.155 e. The Hall–Kier alpha value is -0.630. The monoisotopic (exact) mass is 309 g/mol. The van der Waals surface area contributed by atoms with Crippen LogP contribution in [0.3, 0.4) is 0 Å². The first-order chi connectivity index (χ1) is 10.1. The molecule has 0 radical (unpaired) electrons. The average Bonchev–Trinajstić information content (AvgIpc) is 2.39. The van der Waals surface area contributed by atoms with Crippen molar-refractivity contribution in [3.05, 3.63) is 11.6 Å². The first-order valence-electron chi connectivity index (χ1n) is 9.06. The maximum atomic E-state index is 12.7. The van der Waals surface area contributed by atoms with Crippen LogP contribution in [0.25, 0.3) is 0 Å². The third-order valence-corrected chi connectivity index (χ3v) is 4.50. The summed E-state index contributed by atoms with van der Waals surface area (Å²) in [6, 6.07) is 0.327. The van der Waals surface area contributed by atoms with Gasteiger partial charge >= 0.3 is 0 Å². The first-order valence-corrected chi connectivity index (χ1v) is 9.06. The van der Waals surface area contributed by atoms with E-state index in [4.69, 9.17) is 0 Å². The van der Waals surface area contributed by atoms with Crippen LogP contribution in [0.5, 0.6) is 0 Å². The van der Waals surface area contributed by atoms with Gasteiger partial charge in [0.25, 0.3) is 0 Å².